The van der Waals surface area contributed by atoms with Gasteiger partial charge in [-0.05, 0) is 0 Å². The van der Waals surface area contributed by atoms with Gasteiger partial charge in [-0.15, -0.1) is 0 Å². The molecule has 7 nitrogen and oxygen atoms in total. The molecule has 1 saturated heterocycles. The van der Waals surface area contributed by atoms with Gasteiger partial charge in [-0.25, -0.2) is 17.9 Å². The quantitative estimate of drug-likeness (QED) is 0.501. The van der Waals surface area contributed by atoms with Crippen LogP contribution in [0.2, 0.25) is 0 Å². The molecular formula is C6H12N2O5S. The van der Waals surface area contributed by atoms with Gasteiger partial charge in [0.15, 0.2) is 0 Å². The Kier molecular flexibility index (Phi) is 3.67. The van der Waals surface area contributed by atoms with E-state index in [9.17, 15) is 13.2 Å². The molecule has 0 aromatic rings. The topological polar surface area (TPSA) is 105 Å². The van der Waals surface area contributed by atoms with E-state index in [1.807, 2.05) is 0 Å². The van der Waals surface area contributed by atoms with Crippen molar-refractivity contribution in [1.29, 1.82) is 0 Å². The number of ether oxygens (including phenoxy) is 1. The van der Waals surface area contributed by atoms with Gasteiger partial charge in [-0.2, -0.15) is 0 Å². The summed E-state index contributed by atoms with van der Waals surface area (Å²) in [6, 6.07) is 0. The number of aliphatic hydroxyl groups is 1. The van der Waals surface area contributed by atoms with Crippen molar-refractivity contribution in [1.82, 2.24) is 10.0 Å². The Morgan fingerprint density at radius 2 is 2.36 bits per heavy atom. The van der Waals surface area contributed by atoms with Crippen LogP contribution in [0.25, 0.3) is 0 Å². The smallest absolute Gasteiger partial charge is 0.407 e. The molecule has 1 atom stereocenters. The molecule has 3 N–H and O–H groups in total. The second kappa shape index (κ2) is 4.58. The van der Waals surface area contributed by atoms with E-state index in [1.54, 1.807) is 0 Å². The van der Waals surface area contributed by atoms with Crippen molar-refractivity contribution >= 4 is 16.1 Å². The maximum absolute atomic E-state index is 11.0. The number of sulfonamides is 1. The van der Waals surface area contributed by atoms with Crippen LogP contribution in [0.1, 0.15) is 0 Å². The number of amides is 1. The number of rotatable bonds is 5. The minimum Gasteiger partial charge on any atom is -0.443 e. The number of hydrogen-bond acceptors (Lipinski definition) is 5. The van der Waals surface area contributed by atoms with Crippen LogP contribution in [0.15, 0.2) is 0 Å². The summed E-state index contributed by atoms with van der Waals surface area (Å²) in [5, 5.41) is 10.8. The average molecular weight is 224 g/mol. The van der Waals surface area contributed by atoms with Gasteiger partial charge in [-0.3, -0.25) is 0 Å². The minimum absolute atomic E-state index is 0.0288. The zero-order valence-electron chi connectivity index (χ0n) is 7.39. The average Bonchev–Trinajstić information content (AvgIpc) is 2.48. The molecule has 1 fully saturated rings. The van der Waals surface area contributed by atoms with Crippen LogP contribution < -0.4 is 10.0 Å². The molecule has 1 rings (SSSR count). The Morgan fingerprint density at radius 1 is 1.64 bits per heavy atom. The molecule has 0 aromatic carbocycles. The molecule has 82 valence electrons. The molecule has 0 bridgehead atoms. The standard InChI is InChI=1S/C6H12N2O5S/c9-1-2-14(11,12)8-4-5-3-7-6(10)13-5/h5,8-9H,1-4H2,(H,7,10)/t5-/m1/s1. The van der Waals surface area contributed by atoms with Crippen molar-refractivity contribution in [2.45, 2.75) is 6.10 Å². The van der Waals surface area contributed by atoms with Crippen molar-refractivity contribution < 1.29 is 23.1 Å². The van der Waals surface area contributed by atoms with E-state index in [0.717, 1.165) is 0 Å². The first-order valence-corrected chi connectivity index (χ1v) is 5.71. The summed E-state index contributed by atoms with van der Waals surface area (Å²) in [4.78, 5) is 10.6. The van der Waals surface area contributed by atoms with E-state index in [4.69, 9.17) is 9.84 Å². The third-order valence-corrected chi connectivity index (χ3v) is 2.97. The summed E-state index contributed by atoms with van der Waals surface area (Å²) < 4.78 is 29.0. The Bertz CT molecular complexity index is 301. The van der Waals surface area contributed by atoms with Gasteiger partial charge in [0.25, 0.3) is 0 Å². The molecule has 1 aliphatic rings. The third kappa shape index (κ3) is 3.48. The monoisotopic (exact) mass is 224 g/mol. The van der Waals surface area contributed by atoms with Gasteiger partial charge in [0.05, 0.1) is 18.9 Å². The molecule has 0 spiro atoms. The van der Waals surface area contributed by atoms with Gasteiger partial charge in [0.2, 0.25) is 10.0 Å². The number of hydrogen-bond donors (Lipinski definition) is 3. The summed E-state index contributed by atoms with van der Waals surface area (Å²) in [5.41, 5.74) is 0. The predicted molar refractivity (Wildman–Crippen MR) is 47.1 cm³/mol. The molecule has 0 aromatic heterocycles. The number of aliphatic hydroxyl groups excluding tert-OH is 1. The van der Waals surface area contributed by atoms with Crippen molar-refractivity contribution in [2.24, 2.45) is 0 Å². The molecule has 1 amide bonds. The number of cyclic esters (lactones) is 1. The molecular weight excluding hydrogens is 212 g/mol. The molecule has 1 heterocycles. The highest BCUT2D eigenvalue weighted by atomic mass is 32.2. The van der Waals surface area contributed by atoms with Crippen LogP contribution in [0.4, 0.5) is 4.79 Å². The van der Waals surface area contributed by atoms with Gasteiger partial charge >= 0.3 is 6.09 Å². The summed E-state index contributed by atoms with van der Waals surface area (Å²) in [6.45, 7) is -0.112. The summed E-state index contributed by atoms with van der Waals surface area (Å²) in [5.74, 6) is -0.346. The third-order valence-electron chi connectivity index (χ3n) is 1.64. The molecule has 0 aliphatic carbocycles. The number of alkyl carbamates (subject to hydrolysis) is 1. The van der Waals surface area contributed by atoms with Crippen molar-refractivity contribution in [3.05, 3.63) is 0 Å². The second-order valence-corrected chi connectivity index (χ2v) is 4.73. The fourth-order valence-electron chi connectivity index (χ4n) is 0.958. The summed E-state index contributed by atoms with van der Waals surface area (Å²) in [6.07, 6.45) is -1.02. The first-order valence-electron chi connectivity index (χ1n) is 4.06. The summed E-state index contributed by atoms with van der Waals surface area (Å²) >= 11 is 0. The van der Waals surface area contributed by atoms with Gasteiger partial charge < -0.3 is 15.2 Å². The Hall–Kier alpha value is -0.860. The lowest BCUT2D eigenvalue weighted by Crippen LogP contribution is -2.36. The van der Waals surface area contributed by atoms with Gasteiger partial charge in [0, 0.05) is 6.54 Å². The number of carbonyl (C=O) groups is 1. The van der Waals surface area contributed by atoms with Crippen LogP contribution in [0, 0.1) is 0 Å². The zero-order chi connectivity index (χ0) is 10.6. The Labute approximate surface area is 81.5 Å². The highest BCUT2D eigenvalue weighted by molar-refractivity contribution is 7.89. The maximum Gasteiger partial charge on any atom is 0.407 e. The van der Waals surface area contributed by atoms with Gasteiger partial charge in [0.1, 0.15) is 6.10 Å². The lowest BCUT2D eigenvalue weighted by molar-refractivity contribution is 0.142. The SMILES string of the molecule is O=C1NC[C@H](CNS(=O)(=O)CCO)O1. The normalized spacial score (nSPS) is 21.8. The van der Waals surface area contributed by atoms with Crippen molar-refractivity contribution in [2.75, 3.05) is 25.4 Å². The van der Waals surface area contributed by atoms with E-state index < -0.39 is 28.8 Å². The van der Waals surface area contributed by atoms with Crippen LogP contribution in [0.5, 0.6) is 0 Å². The Morgan fingerprint density at radius 3 is 2.86 bits per heavy atom. The fourth-order valence-corrected chi connectivity index (χ4v) is 1.78. The second-order valence-electron chi connectivity index (χ2n) is 2.80. The number of nitrogens with one attached hydrogen (secondary N) is 2. The Balaban J connectivity index is 2.30. The van der Waals surface area contributed by atoms with Crippen LogP contribution in [-0.2, 0) is 14.8 Å². The molecule has 0 radical (unpaired) electrons. The molecule has 8 heteroatoms. The van der Waals surface area contributed by atoms with Crippen LogP contribution in [0.3, 0.4) is 0 Å². The van der Waals surface area contributed by atoms with E-state index in [2.05, 4.69) is 10.0 Å². The van der Waals surface area contributed by atoms with Crippen LogP contribution in [-0.4, -0.2) is 51.2 Å². The molecule has 0 saturated carbocycles. The molecule has 0 unspecified atom stereocenters. The summed E-state index contributed by atoms with van der Waals surface area (Å²) in [7, 11) is -3.46. The predicted octanol–water partition coefficient (Wildman–Crippen LogP) is -1.99. The van der Waals surface area contributed by atoms with Gasteiger partial charge in [-0.1, -0.05) is 0 Å². The van der Waals surface area contributed by atoms with E-state index in [-0.39, 0.29) is 12.3 Å². The van der Waals surface area contributed by atoms with E-state index >= 15 is 0 Å². The number of carbonyl (C=O) groups excluding carboxylic acids is 1. The largest absolute Gasteiger partial charge is 0.443 e. The first-order chi connectivity index (χ1) is 6.53. The van der Waals surface area contributed by atoms with Crippen molar-refractivity contribution in [3.8, 4) is 0 Å². The van der Waals surface area contributed by atoms with Crippen LogP contribution >= 0.6 is 0 Å². The highest BCUT2D eigenvalue weighted by Gasteiger charge is 2.23. The van der Waals surface area contributed by atoms with E-state index in [1.165, 1.54) is 0 Å². The fraction of sp³-hybridized carbons (Fsp3) is 0.833. The van der Waals surface area contributed by atoms with Crippen molar-refractivity contribution in [3.63, 3.8) is 0 Å². The lowest BCUT2D eigenvalue weighted by atomic mass is 10.4. The first kappa shape index (κ1) is 11.2. The zero-order valence-corrected chi connectivity index (χ0v) is 8.21. The van der Waals surface area contributed by atoms with E-state index in [0.29, 0.717) is 6.54 Å². The lowest BCUT2D eigenvalue weighted by Gasteiger charge is -2.08. The maximum atomic E-state index is 11.0. The molecule has 14 heavy (non-hydrogen) atoms. The highest BCUT2D eigenvalue weighted by Crippen LogP contribution is 1.98. The molecule has 1 aliphatic heterocycles. The minimum atomic E-state index is -3.46.